The Labute approximate surface area is 158 Å². The van der Waals surface area contributed by atoms with Gasteiger partial charge in [0.05, 0.1) is 21.5 Å². The van der Waals surface area contributed by atoms with Gasteiger partial charge in [-0.25, -0.2) is 9.07 Å². The maximum atomic E-state index is 13.6. The fourth-order valence-corrected chi connectivity index (χ4v) is 4.74. The molecule has 2 N–H and O–H groups in total. The molecule has 1 aliphatic rings. The second-order valence-corrected chi connectivity index (χ2v) is 8.76. The third-order valence-electron chi connectivity index (χ3n) is 4.88. The first-order valence-electron chi connectivity index (χ1n) is 8.46. The van der Waals surface area contributed by atoms with Crippen LogP contribution in [0.15, 0.2) is 47.5 Å². The lowest BCUT2D eigenvalue weighted by Crippen LogP contribution is -2.22. The predicted molar refractivity (Wildman–Crippen MR) is 105 cm³/mol. The van der Waals surface area contributed by atoms with E-state index in [0.717, 1.165) is 16.0 Å². The van der Waals surface area contributed by atoms with Crippen LogP contribution in [-0.2, 0) is 0 Å². The summed E-state index contributed by atoms with van der Waals surface area (Å²) in [6.45, 7) is 3.85. The SMILES string of the molecule is CC1(C)Sc2cc3c(-n4nc(N)c5cc(F)ccc54)ccnc3cc2C1=O. The molecule has 1 aliphatic heterocycles. The van der Waals surface area contributed by atoms with Gasteiger partial charge in [0.1, 0.15) is 5.82 Å². The van der Waals surface area contributed by atoms with Gasteiger partial charge < -0.3 is 5.73 Å². The number of nitrogens with two attached hydrogens (primary N) is 1. The van der Waals surface area contributed by atoms with Gasteiger partial charge in [-0.05, 0) is 50.2 Å². The zero-order chi connectivity index (χ0) is 18.9. The summed E-state index contributed by atoms with van der Waals surface area (Å²) in [5, 5.41) is 5.84. The van der Waals surface area contributed by atoms with Crippen molar-refractivity contribution in [2.45, 2.75) is 23.5 Å². The number of nitrogens with zero attached hydrogens (tertiary/aromatic N) is 3. The maximum absolute atomic E-state index is 13.6. The zero-order valence-corrected chi connectivity index (χ0v) is 15.5. The van der Waals surface area contributed by atoms with Crippen LogP contribution in [-0.4, -0.2) is 25.3 Å². The quantitative estimate of drug-likeness (QED) is 0.533. The van der Waals surface area contributed by atoms with E-state index in [1.54, 1.807) is 28.7 Å². The molecule has 0 spiro atoms. The fraction of sp³-hybridized carbons (Fsp3) is 0.150. The van der Waals surface area contributed by atoms with Crippen molar-refractivity contribution in [3.05, 3.63) is 54.0 Å². The second-order valence-electron chi connectivity index (χ2n) is 7.10. The van der Waals surface area contributed by atoms with E-state index in [0.29, 0.717) is 22.0 Å². The summed E-state index contributed by atoms with van der Waals surface area (Å²) in [5.74, 6) is 0.0190. The van der Waals surface area contributed by atoms with Gasteiger partial charge in [0.25, 0.3) is 0 Å². The van der Waals surface area contributed by atoms with Crippen molar-refractivity contribution in [2.24, 2.45) is 0 Å². The molecule has 4 aromatic rings. The minimum Gasteiger partial charge on any atom is -0.382 e. The molecule has 0 saturated heterocycles. The molecular formula is C20H15FN4OS. The van der Waals surface area contributed by atoms with Crippen LogP contribution < -0.4 is 5.73 Å². The number of nitrogen functional groups attached to an aromatic ring is 1. The Bertz CT molecular complexity index is 1280. The van der Waals surface area contributed by atoms with Crippen molar-refractivity contribution in [1.82, 2.24) is 14.8 Å². The number of thioether (sulfide) groups is 1. The van der Waals surface area contributed by atoms with Crippen LogP contribution >= 0.6 is 11.8 Å². The summed E-state index contributed by atoms with van der Waals surface area (Å²) >= 11 is 1.55. The molecule has 0 atom stereocenters. The van der Waals surface area contributed by atoms with Gasteiger partial charge in [-0.3, -0.25) is 9.78 Å². The lowest BCUT2D eigenvalue weighted by molar-refractivity contribution is 0.0961. The van der Waals surface area contributed by atoms with Gasteiger partial charge in [-0.15, -0.1) is 16.9 Å². The van der Waals surface area contributed by atoms with Gasteiger partial charge in [0.15, 0.2) is 11.6 Å². The summed E-state index contributed by atoms with van der Waals surface area (Å²) in [5.41, 5.74) is 8.92. The third-order valence-corrected chi connectivity index (χ3v) is 6.13. The van der Waals surface area contributed by atoms with E-state index in [-0.39, 0.29) is 17.4 Å². The first kappa shape index (κ1) is 16.3. The van der Waals surface area contributed by atoms with E-state index in [9.17, 15) is 9.18 Å². The minimum atomic E-state index is -0.486. The zero-order valence-electron chi connectivity index (χ0n) is 14.7. The van der Waals surface area contributed by atoms with Gasteiger partial charge in [-0.1, -0.05) is 0 Å². The number of hydrogen-bond acceptors (Lipinski definition) is 5. The number of aromatic nitrogens is 3. The first-order chi connectivity index (χ1) is 12.8. The molecule has 0 fully saturated rings. The summed E-state index contributed by atoms with van der Waals surface area (Å²) < 4.78 is 14.8. The molecule has 0 unspecified atom stereocenters. The summed E-state index contributed by atoms with van der Waals surface area (Å²) in [4.78, 5) is 18.0. The standard InChI is InChI=1S/C20H15FN4OS/c1-20(2)18(26)13-8-14-11(9-17(13)27-20)16(5-6-23-14)25-15-4-3-10(21)7-12(15)19(22)24-25/h3-9H,1-2H3,(H2,22,24). The molecule has 5 nitrogen and oxygen atoms in total. The Hall–Kier alpha value is -2.93. The second kappa shape index (κ2) is 5.29. The number of fused-ring (bicyclic) bond motifs is 3. The van der Waals surface area contributed by atoms with E-state index < -0.39 is 4.75 Å². The van der Waals surface area contributed by atoms with Crippen LogP contribution in [0.2, 0.25) is 0 Å². The molecule has 0 radical (unpaired) electrons. The molecule has 134 valence electrons. The van der Waals surface area contributed by atoms with Gasteiger partial charge in [0, 0.05) is 27.4 Å². The minimum absolute atomic E-state index is 0.112. The number of Topliss-reactive ketones (excluding diaryl/α,β-unsaturated/α-hetero) is 1. The van der Waals surface area contributed by atoms with Crippen LogP contribution in [0.4, 0.5) is 10.2 Å². The molecule has 27 heavy (non-hydrogen) atoms. The van der Waals surface area contributed by atoms with Crippen molar-refractivity contribution in [3.8, 4) is 5.69 Å². The molecule has 0 saturated carbocycles. The number of hydrogen-bond donors (Lipinski definition) is 1. The predicted octanol–water partition coefficient (Wildman–Crippen LogP) is 4.36. The lowest BCUT2D eigenvalue weighted by Gasteiger charge is -2.12. The smallest absolute Gasteiger partial charge is 0.179 e. The topological polar surface area (TPSA) is 73.8 Å². The van der Waals surface area contributed by atoms with Crippen molar-refractivity contribution in [3.63, 3.8) is 0 Å². The van der Waals surface area contributed by atoms with E-state index in [1.807, 2.05) is 32.0 Å². The van der Waals surface area contributed by atoms with E-state index in [2.05, 4.69) is 10.1 Å². The highest BCUT2D eigenvalue weighted by atomic mass is 32.2. The number of rotatable bonds is 1. The summed E-state index contributed by atoms with van der Waals surface area (Å²) in [6.07, 6.45) is 1.68. The molecule has 5 rings (SSSR count). The van der Waals surface area contributed by atoms with E-state index in [4.69, 9.17) is 5.73 Å². The largest absolute Gasteiger partial charge is 0.382 e. The van der Waals surface area contributed by atoms with Gasteiger partial charge in [-0.2, -0.15) is 0 Å². The van der Waals surface area contributed by atoms with Crippen molar-refractivity contribution >= 4 is 45.2 Å². The van der Waals surface area contributed by atoms with Crippen molar-refractivity contribution < 1.29 is 9.18 Å². The normalized spacial score (nSPS) is 15.6. The average molecular weight is 378 g/mol. The van der Waals surface area contributed by atoms with Crippen LogP contribution in [0.3, 0.4) is 0 Å². The van der Waals surface area contributed by atoms with E-state index >= 15 is 0 Å². The highest BCUT2D eigenvalue weighted by molar-refractivity contribution is 8.02. The molecule has 2 aromatic heterocycles. The number of halogens is 1. The highest BCUT2D eigenvalue weighted by Gasteiger charge is 2.39. The maximum Gasteiger partial charge on any atom is 0.179 e. The fourth-order valence-electron chi connectivity index (χ4n) is 3.55. The Kier molecular flexibility index (Phi) is 3.19. The number of pyridine rings is 1. The molecule has 0 aliphatic carbocycles. The van der Waals surface area contributed by atoms with Gasteiger partial charge >= 0.3 is 0 Å². The van der Waals surface area contributed by atoms with E-state index in [1.165, 1.54) is 12.1 Å². The Morgan fingerprint density at radius 1 is 1.15 bits per heavy atom. The molecule has 7 heteroatoms. The third kappa shape index (κ3) is 2.28. The number of carbonyl (C=O) groups excluding carboxylic acids is 1. The van der Waals surface area contributed by atoms with Crippen LogP contribution in [0.25, 0.3) is 27.5 Å². The summed E-state index contributed by atoms with van der Waals surface area (Å²) in [7, 11) is 0. The lowest BCUT2D eigenvalue weighted by atomic mass is 9.99. The number of anilines is 1. The molecule has 3 heterocycles. The number of ketones is 1. The number of benzene rings is 2. The molecule has 0 amide bonds. The van der Waals surface area contributed by atoms with Crippen LogP contribution in [0.5, 0.6) is 0 Å². The van der Waals surface area contributed by atoms with Crippen molar-refractivity contribution in [2.75, 3.05) is 5.73 Å². The molecule has 2 aromatic carbocycles. The first-order valence-corrected chi connectivity index (χ1v) is 9.27. The Morgan fingerprint density at radius 3 is 2.78 bits per heavy atom. The van der Waals surface area contributed by atoms with Crippen LogP contribution in [0.1, 0.15) is 24.2 Å². The average Bonchev–Trinajstić information content (AvgIpc) is 3.06. The highest BCUT2D eigenvalue weighted by Crippen LogP contribution is 2.46. The van der Waals surface area contributed by atoms with Crippen molar-refractivity contribution in [1.29, 1.82) is 0 Å². The Morgan fingerprint density at radius 2 is 1.96 bits per heavy atom. The van der Waals surface area contributed by atoms with Crippen LogP contribution in [0, 0.1) is 5.82 Å². The monoisotopic (exact) mass is 378 g/mol. The number of carbonyl (C=O) groups is 1. The Balaban J connectivity index is 1.80. The summed E-state index contributed by atoms with van der Waals surface area (Å²) in [6, 6.07) is 10.1. The molecule has 0 bridgehead atoms. The van der Waals surface area contributed by atoms with Gasteiger partial charge in [0.2, 0.25) is 0 Å². The molecular weight excluding hydrogens is 363 g/mol.